The highest BCUT2D eigenvalue weighted by Crippen LogP contribution is 2.32. The molecule has 1 aliphatic carbocycles. The molecule has 1 aliphatic heterocycles. The maximum Gasteiger partial charge on any atom is 0.407 e. The Morgan fingerprint density at radius 3 is 2.81 bits per heavy atom. The zero-order valence-electron chi connectivity index (χ0n) is 10.4. The van der Waals surface area contributed by atoms with Crippen molar-refractivity contribution < 1.29 is 9.53 Å². The lowest BCUT2D eigenvalue weighted by Gasteiger charge is -2.23. The Balaban J connectivity index is 1.83. The van der Waals surface area contributed by atoms with E-state index in [1.54, 1.807) is 0 Å². The van der Waals surface area contributed by atoms with Crippen LogP contribution in [0.5, 0.6) is 0 Å². The Kier molecular flexibility index (Phi) is 3.10. The van der Waals surface area contributed by atoms with Gasteiger partial charge in [0.15, 0.2) is 0 Å². The summed E-state index contributed by atoms with van der Waals surface area (Å²) in [6.07, 6.45) is 3.45. The maximum absolute atomic E-state index is 11.6. The number of hydrogen-bond acceptors (Lipinski definition) is 3. The maximum atomic E-state index is 11.6. The molecule has 0 radical (unpaired) electrons. The van der Waals surface area contributed by atoms with Crippen molar-refractivity contribution in [2.75, 3.05) is 6.54 Å². The number of alkyl carbamates (subject to hydrolysis) is 1. The molecule has 0 unspecified atom stereocenters. The minimum atomic E-state index is -0.412. The number of amides is 1. The number of ether oxygens (including phenoxy) is 1. The first-order valence-corrected chi connectivity index (χ1v) is 6.18. The van der Waals surface area contributed by atoms with Crippen LogP contribution in [-0.2, 0) is 4.74 Å². The van der Waals surface area contributed by atoms with Crippen molar-refractivity contribution in [3.05, 3.63) is 0 Å². The quantitative estimate of drug-likeness (QED) is 0.715. The van der Waals surface area contributed by atoms with Gasteiger partial charge in [-0.2, -0.15) is 0 Å². The van der Waals surface area contributed by atoms with Gasteiger partial charge >= 0.3 is 6.09 Å². The van der Waals surface area contributed by atoms with Crippen LogP contribution in [0.25, 0.3) is 0 Å². The third kappa shape index (κ3) is 2.67. The summed E-state index contributed by atoms with van der Waals surface area (Å²) in [5.41, 5.74) is -0.412. The highest BCUT2D eigenvalue weighted by atomic mass is 16.6. The van der Waals surface area contributed by atoms with E-state index in [9.17, 15) is 4.79 Å². The number of rotatable bonds is 1. The average molecular weight is 226 g/mol. The number of nitrogens with one attached hydrogen (secondary N) is 2. The van der Waals surface area contributed by atoms with Gasteiger partial charge in [-0.1, -0.05) is 6.42 Å². The Morgan fingerprint density at radius 1 is 1.38 bits per heavy atom. The van der Waals surface area contributed by atoms with E-state index in [1.807, 2.05) is 20.8 Å². The van der Waals surface area contributed by atoms with Gasteiger partial charge in [0, 0.05) is 18.6 Å². The Morgan fingerprint density at radius 2 is 2.12 bits per heavy atom. The smallest absolute Gasteiger partial charge is 0.407 e. The molecule has 0 bridgehead atoms. The second-order valence-corrected chi connectivity index (χ2v) is 5.86. The molecule has 2 aliphatic rings. The van der Waals surface area contributed by atoms with E-state index in [2.05, 4.69) is 10.6 Å². The number of carbonyl (C=O) groups excluding carboxylic acids is 1. The summed E-state index contributed by atoms with van der Waals surface area (Å²) in [7, 11) is 0. The molecule has 3 atom stereocenters. The lowest BCUT2D eigenvalue weighted by molar-refractivity contribution is 0.0496. The molecule has 0 spiro atoms. The molecule has 4 nitrogen and oxygen atoms in total. The van der Waals surface area contributed by atoms with Crippen LogP contribution in [-0.4, -0.2) is 30.3 Å². The Labute approximate surface area is 97.1 Å². The van der Waals surface area contributed by atoms with Crippen molar-refractivity contribution in [1.82, 2.24) is 10.6 Å². The molecule has 0 aromatic rings. The molecule has 1 heterocycles. The van der Waals surface area contributed by atoms with E-state index in [0.29, 0.717) is 12.0 Å². The van der Waals surface area contributed by atoms with Crippen LogP contribution in [0.1, 0.15) is 40.0 Å². The molecule has 0 aromatic carbocycles. The molecule has 4 heteroatoms. The van der Waals surface area contributed by atoms with Gasteiger partial charge in [0.2, 0.25) is 0 Å². The minimum Gasteiger partial charge on any atom is -0.444 e. The lowest BCUT2D eigenvalue weighted by Crippen LogP contribution is -2.43. The molecule has 2 fully saturated rings. The van der Waals surface area contributed by atoms with E-state index in [4.69, 9.17) is 4.74 Å². The number of hydrogen-bond donors (Lipinski definition) is 2. The van der Waals surface area contributed by atoms with Crippen molar-refractivity contribution in [1.29, 1.82) is 0 Å². The second kappa shape index (κ2) is 4.24. The second-order valence-electron chi connectivity index (χ2n) is 5.86. The number of carbonyl (C=O) groups is 1. The van der Waals surface area contributed by atoms with Gasteiger partial charge in [0.25, 0.3) is 0 Å². The van der Waals surface area contributed by atoms with Gasteiger partial charge in [-0.3, -0.25) is 0 Å². The summed E-state index contributed by atoms with van der Waals surface area (Å²) in [4.78, 5) is 11.6. The molecular weight excluding hydrogens is 204 g/mol. The van der Waals surface area contributed by atoms with E-state index in [1.165, 1.54) is 19.3 Å². The SMILES string of the molecule is CC(C)(C)OC(=O)N[C@@H]1CN[C@@H]2CCC[C@@H]21. The third-order valence-electron chi connectivity index (χ3n) is 3.39. The van der Waals surface area contributed by atoms with Crippen LogP contribution in [0.15, 0.2) is 0 Å². The molecule has 2 rings (SSSR count). The molecule has 1 saturated carbocycles. The minimum absolute atomic E-state index is 0.252. The summed E-state index contributed by atoms with van der Waals surface area (Å²) < 4.78 is 5.27. The van der Waals surface area contributed by atoms with Crippen LogP contribution in [0.3, 0.4) is 0 Å². The standard InChI is InChI=1S/C12H22N2O2/c1-12(2,3)16-11(15)14-10-7-13-9-6-4-5-8(9)10/h8-10,13H,4-7H2,1-3H3,(H,14,15)/t8-,9+,10+/m0/s1. The van der Waals surface area contributed by atoms with E-state index < -0.39 is 5.60 Å². The van der Waals surface area contributed by atoms with Crippen LogP contribution in [0.4, 0.5) is 4.79 Å². The fourth-order valence-electron chi connectivity index (χ4n) is 2.77. The largest absolute Gasteiger partial charge is 0.444 e. The Bertz CT molecular complexity index is 273. The van der Waals surface area contributed by atoms with Gasteiger partial charge in [0.1, 0.15) is 5.60 Å². The summed E-state index contributed by atoms with van der Waals surface area (Å²) >= 11 is 0. The monoisotopic (exact) mass is 226 g/mol. The van der Waals surface area contributed by atoms with Crippen LogP contribution >= 0.6 is 0 Å². The predicted octanol–water partition coefficient (Wildman–Crippen LogP) is 1.65. The summed E-state index contributed by atoms with van der Waals surface area (Å²) in [5, 5.41) is 6.45. The third-order valence-corrected chi connectivity index (χ3v) is 3.39. The van der Waals surface area contributed by atoms with Crippen LogP contribution in [0, 0.1) is 5.92 Å². The van der Waals surface area contributed by atoms with Crippen molar-refractivity contribution >= 4 is 6.09 Å². The van der Waals surface area contributed by atoms with Gasteiger partial charge in [0.05, 0.1) is 0 Å². The lowest BCUT2D eigenvalue weighted by atomic mass is 10.00. The van der Waals surface area contributed by atoms with E-state index >= 15 is 0 Å². The predicted molar refractivity (Wildman–Crippen MR) is 62.3 cm³/mol. The fraction of sp³-hybridized carbons (Fsp3) is 0.917. The Hall–Kier alpha value is -0.770. The molecule has 16 heavy (non-hydrogen) atoms. The van der Waals surface area contributed by atoms with Gasteiger partial charge in [-0.05, 0) is 39.5 Å². The molecule has 0 aromatic heterocycles. The van der Waals surface area contributed by atoms with Crippen molar-refractivity contribution in [3.8, 4) is 0 Å². The van der Waals surface area contributed by atoms with Crippen LogP contribution in [0.2, 0.25) is 0 Å². The van der Waals surface area contributed by atoms with Gasteiger partial charge < -0.3 is 15.4 Å². The number of fused-ring (bicyclic) bond motifs is 1. The first-order chi connectivity index (χ1) is 7.46. The van der Waals surface area contributed by atoms with Gasteiger partial charge in [-0.15, -0.1) is 0 Å². The summed E-state index contributed by atoms with van der Waals surface area (Å²) in [5.74, 6) is 0.604. The summed E-state index contributed by atoms with van der Waals surface area (Å²) in [6.45, 7) is 6.54. The topological polar surface area (TPSA) is 50.4 Å². The fourth-order valence-corrected chi connectivity index (χ4v) is 2.77. The molecule has 92 valence electrons. The normalized spacial score (nSPS) is 33.6. The molecule has 1 amide bonds. The van der Waals surface area contributed by atoms with Crippen molar-refractivity contribution in [2.24, 2.45) is 5.92 Å². The first kappa shape index (κ1) is 11.7. The molecule has 2 N–H and O–H groups in total. The first-order valence-electron chi connectivity index (χ1n) is 6.18. The van der Waals surface area contributed by atoms with Crippen molar-refractivity contribution in [3.63, 3.8) is 0 Å². The van der Waals surface area contributed by atoms with E-state index in [0.717, 1.165) is 6.54 Å². The zero-order chi connectivity index (χ0) is 11.8. The highest BCUT2D eigenvalue weighted by Gasteiger charge is 2.39. The van der Waals surface area contributed by atoms with E-state index in [-0.39, 0.29) is 12.1 Å². The average Bonchev–Trinajstić information content (AvgIpc) is 2.66. The van der Waals surface area contributed by atoms with Crippen LogP contribution < -0.4 is 10.6 Å². The van der Waals surface area contributed by atoms with Crippen molar-refractivity contribution in [2.45, 2.75) is 57.7 Å². The van der Waals surface area contributed by atoms with Gasteiger partial charge in [-0.25, -0.2) is 4.79 Å². The summed E-state index contributed by atoms with van der Waals surface area (Å²) in [6, 6.07) is 0.863. The molecular formula is C12H22N2O2. The zero-order valence-corrected chi connectivity index (χ0v) is 10.4. The molecule has 1 saturated heterocycles. The highest BCUT2D eigenvalue weighted by molar-refractivity contribution is 5.68.